The summed E-state index contributed by atoms with van der Waals surface area (Å²) in [6.45, 7) is 11.2. The Labute approximate surface area is 169 Å². The van der Waals surface area contributed by atoms with Crippen molar-refractivity contribution in [2.24, 2.45) is 0 Å². The highest BCUT2D eigenvalue weighted by Gasteiger charge is 2.44. The minimum atomic E-state index is -2.31. The summed E-state index contributed by atoms with van der Waals surface area (Å²) in [6, 6.07) is 0. The molecule has 0 aromatic rings. The molecule has 0 aromatic heterocycles. The molecule has 0 aliphatic heterocycles. The van der Waals surface area contributed by atoms with Crippen LogP contribution in [0.2, 0.25) is 0 Å². The Kier molecular flexibility index (Phi) is 12.7. The van der Waals surface area contributed by atoms with Crippen LogP contribution in [0.5, 0.6) is 0 Å². The molecule has 0 bridgehead atoms. The second-order valence-electron chi connectivity index (χ2n) is 7.09. The summed E-state index contributed by atoms with van der Waals surface area (Å²) < 4.78 is 15.9. The fourth-order valence-corrected chi connectivity index (χ4v) is 2.77. The van der Waals surface area contributed by atoms with E-state index >= 15 is 0 Å². The molecule has 0 amide bonds. The third-order valence-electron chi connectivity index (χ3n) is 4.86. The molecule has 1 N–H and O–H groups in total. The van der Waals surface area contributed by atoms with Gasteiger partial charge in [-0.15, -0.1) is 0 Å². The molecule has 0 atom stereocenters. The van der Waals surface area contributed by atoms with Gasteiger partial charge >= 0.3 is 17.9 Å². The van der Waals surface area contributed by atoms with Crippen molar-refractivity contribution < 1.29 is 33.7 Å². The van der Waals surface area contributed by atoms with Gasteiger partial charge < -0.3 is 19.3 Å². The maximum Gasteiger partial charge on any atom is 0.339 e. The zero-order valence-electron chi connectivity index (χ0n) is 18.3. The van der Waals surface area contributed by atoms with Crippen molar-refractivity contribution in [1.29, 1.82) is 0 Å². The van der Waals surface area contributed by atoms with E-state index in [2.05, 4.69) is 0 Å². The summed E-state index contributed by atoms with van der Waals surface area (Å²) in [6.07, 6.45) is 1.30. The van der Waals surface area contributed by atoms with Crippen molar-refractivity contribution in [3.8, 4) is 0 Å². The van der Waals surface area contributed by atoms with E-state index in [0.29, 0.717) is 38.5 Å². The normalized spacial score (nSPS) is 11.8. The number of hydrogen-bond acceptors (Lipinski definition) is 7. The van der Waals surface area contributed by atoms with Crippen LogP contribution in [0.3, 0.4) is 0 Å². The van der Waals surface area contributed by atoms with Crippen LogP contribution in [0.4, 0.5) is 0 Å². The van der Waals surface area contributed by atoms with Gasteiger partial charge in [-0.2, -0.15) is 0 Å². The first-order valence-electron chi connectivity index (χ1n) is 10.5. The summed E-state index contributed by atoms with van der Waals surface area (Å²) in [4.78, 5) is 37.2. The van der Waals surface area contributed by atoms with Gasteiger partial charge in [0, 0.05) is 0 Å². The lowest BCUT2D eigenvalue weighted by Gasteiger charge is -2.28. The van der Waals surface area contributed by atoms with Crippen LogP contribution in [0.15, 0.2) is 0 Å². The molecule has 0 spiro atoms. The molecule has 0 aliphatic carbocycles. The van der Waals surface area contributed by atoms with Crippen LogP contribution >= 0.6 is 0 Å². The first-order chi connectivity index (χ1) is 13.2. The van der Waals surface area contributed by atoms with Crippen molar-refractivity contribution in [1.82, 2.24) is 0 Å². The average Bonchev–Trinajstić information content (AvgIpc) is 2.67. The molecule has 28 heavy (non-hydrogen) atoms. The average molecular weight is 403 g/mol. The van der Waals surface area contributed by atoms with Crippen molar-refractivity contribution in [3.63, 3.8) is 0 Å². The Bertz CT molecular complexity index is 449. The van der Waals surface area contributed by atoms with E-state index < -0.39 is 42.5 Å². The highest BCUT2D eigenvalue weighted by atomic mass is 16.6. The lowest BCUT2D eigenvalue weighted by Crippen LogP contribution is -2.46. The predicted molar refractivity (Wildman–Crippen MR) is 106 cm³/mol. The zero-order valence-corrected chi connectivity index (χ0v) is 18.3. The van der Waals surface area contributed by atoms with E-state index in [0.717, 1.165) is 0 Å². The second kappa shape index (κ2) is 13.5. The minimum Gasteiger partial charge on any atom is -0.462 e. The smallest absolute Gasteiger partial charge is 0.339 e. The molecule has 0 unspecified atom stereocenters. The molecule has 164 valence electrons. The van der Waals surface area contributed by atoms with Gasteiger partial charge in [-0.05, 0) is 38.5 Å². The largest absolute Gasteiger partial charge is 0.462 e. The third kappa shape index (κ3) is 9.04. The number of aliphatic hydroxyl groups is 1. The van der Waals surface area contributed by atoms with Crippen LogP contribution in [0, 0.1) is 0 Å². The first-order valence-corrected chi connectivity index (χ1v) is 10.5. The first kappa shape index (κ1) is 26.4. The molecular formula is C21H38O7. The van der Waals surface area contributed by atoms with Gasteiger partial charge in [0.2, 0.25) is 0 Å². The molecule has 0 aromatic carbocycles. The van der Waals surface area contributed by atoms with E-state index in [1.807, 2.05) is 41.5 Å². The predicted octanol–water partition coefficient (Wildman–Crippen LogP) is 3.69. The van der Waals surface area contributed by atoms with Gasteiger partial charge in [0.1, 0.15) is 18.3 Å². The SMILES string of the molecule is CCC(CC)OC(=O)CC(O)(CC(=O)OC(CC)CC)C(=O)OC(CC)CC. The van der Waals surface area contributed by atoms with Gasteiger partial charge in [0.25, 0.3) is 0 Å². The van der Waals surface area contributed by atoms with Crippen LogP contribution in [0.1, 0.15) is 92.9 Å². The van der Waals surface area contributed by atoms with Crippen molar-refractivity contribution >= 4 is 17.9 Å². The third-order valence-corrected chi connectivity index (χ3v) is 4.86. The highest BCUT2D eigenvalue weighted by molar-refractivity contribution is 5.90. The van der Waals surface area contributed by atoms with Crippen molar-refractivity contribution in [2.75, 3.05) is 0 Å². The number of rotatable bonds is 14. The van der Waals surface area contributed by atoms with Gasteiger partial charge in [-0.3, -0.25) is 9.59 Å². The van der Waals surface area contributed by atoms with E-state index in [-0.39, 0.29) is 12.2 Å². The molecule has 0 fully saturated rings. The lowest BCUT2D eigenvalue weighted by molar-refractivity contribution is -0.184. The van der Waals surface area contributed by atoms with Gasteiger partial charge in [-0.25, -0.2) is 4.79 Å². The Morgan fingerprint density at radius 2 is 0.929 bits per heavy atom. The highest BCUT2D eigenvalue weighted by Crippen LogP contribution is 2.23. The lowest BCUT2D eigenvalue weighted by atomic mass is 9.95. The molecule has 7 heteroatoms. The molecule has 0 aliphatic rings. The van der Waals surface area contributed by atoms with Crippen LogP contribution < -0.4 is 0 Å². The molecular weight excluding hydrogens is 364 g/mol. The van der Waals surface area contributed by atoms with Gasteiger partial charge in [0.15, 0.2) is 5.60 Å². The second-order valence-corrected chi connectivity index (χ2v) is 7.09. The summed E-state index contributed by atoms with van der Waals surface area (Å²) in [5, 5.41) is 10.9. The number of carbonyl (C=O) groups excluding carboxylic acids is 3. The summed E-state index contributed by atoms with van der Waals surface area (Å²) in [5.74, 6) is -2.48. The van der Waals surface area contributed by atoms with Gasteiger partial charge in [-0.1, -0.05) is 41.5 Å². The Balaban J connectivity index is 5.36. The van der Waals surface area contributed by atoms with Crippen LogP contribution in [-0.2, 0) is 28.6 Å². The fourth-order valence-electron chi connectivity index (χ4n) is 2.77. The van der Waals surface area contributed by atoms with E-state index in [9.17, 15) is 19.5 Å². The Morgan fingerprint density at radius 3 is 1.21 bits per heavy atom. The van der Waals surface area contributed by atoms with E-state index in [4.69, 9.17) is 14.2 Å². The molecule has 0 saturated carbocycles. The van der Waals surface area contributed by atoms with Crippen LogP contribution in [0.25, 0.3) is 0 Å². The fraction of sp³-hybridized carbons (Fsp3) is 0.857. The summed E-state index contributed by atoms with van der Waals surface area (Å²) >= 11 is 0. The molecule has 0 rings (SSSR count). The standard InChI is InChI=1S/C21H38O7/c1-7-15(8-2)26-18(22)13-21(25,20(24)28-17(11-5)12-6)14-19(23)27-16(9-3)10-4/h15-17,25H,7-14H2,1-6H3. The Hall–Kier alpha value is -1.63. The number of esters is 3. The maximum absolute atomic E-state index is 12.6. The number of hydrogen-bond donors (Lipinski definition) is 1. The molecule has 7 nitrogen and oxygen atoms in total. The minimum absolute atomic E-state index is 0.302. The van der Waals surface area contributed by atoms with Crippen molar-refractivity contribution in [3.05, 3.63) is 0 Å². The van der Waals surface area contributed by atoms with E-state index in [1.54, 1.807) is 0 Å². The molecule has 0 radical (unpaired) electrons. The van der Waals surface area contributed by atoms with Crippen molar-refractivity contribution in [2.45, 2.75) is 117 Å². The monoisotopic (exact) mass is 402 g/mol. The summed E-state index contributed by atoms with van der Waals surface area (Å²) in [5.41, 5.74) is -2.31. The van der Waals surface area contributed by atoms with E-state index in [1.165, 1.54) is 0 Å². The van der Waals surface area contributed by atoms with Gasteiger partial charge in [0.05, 0.1) is 12.8 Å². The topological polar surface area (TPSA) is 99.1 Å². The Morgan fingerprint density at radius 1 is 0.643 bits per heavy atom. The maximum atomic E-state index is 12.6. The summed E-state index contributed by atoms with van der Waals surface area (Å²) in [7, 11) is 0. The molecule has 0 heterocycles. The van der Waals surface area contributed by atoms with Crippen LogP contribution in [-0.4, -0.2) is 46.9 Å². The zero-order chi connectivity index (χ0) is 21.7. The molecule has 0 saturated heterocycles. The number of ether oxygens (including phenoxy) is 3. The quantitative estimate of drug-likeness (QED) is 0.349. The number of carbonyl (C=O) groups is 3.